The number of ether oxygens (including phenoxy) is 1. The monoisotopic (exact) mass is 286 g/mol. The lowest BCUT2D eigenvalue weighted by Gasteiger charge is -2.05. The molecule has 0 unspecified atom stereocenters. The van der Waals surface area contributed by atoms with E-state index in [1.807, 2.05) is 35.7 Å². The first-order chi connectivity index (χ1) is 9.81. The van der Waals surface area contributed by atoms with Crippen LogP contribution in [0.1, 0.15) is 0 Å². The van der Waals surface area contributed by atoms with Crippen LogP contribution in [0.2, 0.25) is 0 Å². The zero-order valence-corrected chi connectivity index (χ0v) is 11.9. The predicted molar refractivity (Wildman–Crippen MR) is 81.2 cm³/mol. The molecule has 0 bridgehead atoms. The molecular weight excluding hydrogens is 272 g/mol. The molecular formula is C15H14N2O2S. The van der Waals surface area contributed by atoms with Crippen molar-refractivity contribution in [3.63, 3.8) is 0 Å². The first-order valence-electron chi connectivity index (χ1n) is 6.32. The van der Waals surface area contributed by atoms with E-state index in [2.05, 4.69) is 4.98 Å². The highest BCUT2D eigenvalue weighted by molar-refractivity contribution is 7.17. The Bertz CT molecular complexity index is 777. The Morgan fingerprint density at radius 1 is 1.30 bits per heavy atom. The summed E-state index contributed by atoms with van der Waals surface area (Å²) in [5.74, 6) is 0. The largest absolute Gasteiger partial charge is 0.383 e. The van der Waals surface area contributed by atoms with Gasteiger partial charge in [-0.1, -0.05) is 30.3 Å². The fraction of sp³-hybridized carbons (Fsp3) is 0.200. The number of thiophene rings is 1. The molecule has 2 aromatic heterocycles. The highest BCUT2D eigenvalue weighted by atomic mass is 32.1. The van der Waals surface area contributed by atoms with Crippen LogP contribution in [0.5, 0.6) is 0 Å². The van der Waals surface area contributed by atoms with E-state index in [0.717, 1.165) is 16.0 Å². The Hall–Kier alpha value is -1.98. The number of benzene rings is 1. The molecule has 0 fully saturated rings. The molecule has 0 radical (unpaired) electrons. The summed E-state index contributed by atoms with van der Waals surface area (Å²) in [6, 6.07) is 9.92. The number of hydrogen-bond donors (Lipinski definition) is 0. The van der Waals surface area contributed by atoms with Crippen LogP contribution in [-0.4, -0.2) is 23.3 Å². The number of rotatable bonds is 4. The second kappa shape index (κ2) is 5.56. The van der Waals surface area contributed by atoms with Gasteiger partial charge in [0.15, 0.2) is 0 Å². The minimum absolute atomic E-state index is 0.00727. The molecule has 0 saturated heterocycles. The van der Waals surface area contributed by atoms with Crippen LogP contribution in [-0.2, 0) is 11.3 Å². The normalized spacial score (nSPS) is 11.1. The minimum Gasteiger partial charge on any atom is -0.383 e. The molecule has 1 aromatic carbocycles. The molecule has 2 heterocycles. The summed E-state index contributed by atoms with van der Waals surface area (Å²) < 4.78 is 6.63. The van der Waals surface area contributed by atoms with Crippen molar-refractivity contribution in [2.75, 3.05) is 13.7 Å². The molecule has 5 heteroatoms. The molecule has 4 nitrogen and oxygen atoms in total. The average Bonchev–Trinajstić information content (AvgIpc) is 2.92. The first kappa shape index (κ1) is 13.0. The molecule has 0 aliphatic rings. The van der Waals surface area contributed by atoms with Crippen LogP contribution >= 0.6 is 11.3 Å². The first-order valence-corrected chi connectivity index (χ1v) is 7.20. The van der Waals surface area contributed by atoms with Crippen molar-refractivity contribution in [2.45, 2.75) is 6.54 Å². The summed E-state index contributed by atoms with van der Waals surface area (Å²) in [6.07, 6.45) is 1.59. The standard InChI is InChI=1S/C15H14N2O2S/c1-19-8-7-17-10-16-14-13(15(17)18)12(9-20-14)11-5-3-2-4-6-11/h2-6,9-10H,7-8H2,1H3. The molecule has 0 amide bonds. The Balaban J connectivity index is 2.18. The second-order valence-electron chi connectivity index (χ2n) is 4.43. The summed E-state index contributed by atoms with van der Waals surface area (Å²) in [7, 11) is 1.62. The van der Waals surface area contributed by atoms with Crippen molar-refractivity contribution in [2.24, 2.45) is 0 Å². The van der Waals surface area contributed by atoms with Crippen LogP contribution in [0.3, 0.4) is 0 Å². The van der Waals surface area contributed by atoms with Crippen LogP contribution < -0.4 is 5.56 Å². The number of aromatic nitrogens is 2. The SMILES string of the molecule is COCCn1cnc2scc(-c3ccccc3)c2c1=O. The van der Waals surface area contributed by atoms with Gasteiger partial charge in [-0.2, -0.15) is 0 Å². The van der Waals surface area contributed by atoms with Crippen LogP contribution in [0.15, 0.2) is 46.8 Å². The third-order valence-electron chi connectivity index (χ3n) is 3.18. The van der Waals surface area contributed by atoms with E-state index >= 15 is 0 Å². The highest BCUT2D eigenvalue weighted by Crippen LogP contribution is 2.30. The van der Waals surface area contributed by atoms with Gasteiger partial charge in [-0.25, -0.2) is 4.98 Å². The van der Waals surface area contributed by atoms with E-state index in [9.17, 15) is 4.79 Å². The molecule has 0 spiro atoms. The summed E-state index contributed by atoms with van der Waals surface area (Å²) in [6.45, 7) is 1.01. The summed E-state index contributed by atoms with van der Waals surface area (Å²) in [4.78, 5) is 17.7. The lowest BCUT2D eigenvalue weighted by molar-refractivity contribution is 0.186. The van der Waals surface area contributed by atoms with Crippen LogP contribution in [0.4, 0.5) is 0 Å². The van der Waals surface area contributed by atoms with E-state index in [1.54, 1.807) is 18.0 Å². The molecule has 102 valence electrons. The summed E-state index contributed by atoms with van der Waals surface area (Å²) in [5.41, 5.74) is 1.99. The lowest BCUT2D eigenvalue weighted by atomic mass is 10.1. The van der Waals surface area contributed by atoms with Crippen LogP contribution in [0, 0.1) is 0 Å². The van der Waals surface area contributed by atoms with Gasteiger partial charge in [0, 0.05) is 18.1 Å². The van der Waals surface area contributed by atoms with Crippen molar-refractivity contribution < 1.29 is 4.74 Å². The molecule has 0 aliphatic carbocycles. The Labute approximate surface area is 120 Å². The third-order valence-corrected chi connectivity index (χ3v) is 4.07. The smallest absolute Gasteiger partial charge is 0.262 e. The van der Waals surface area contributed by atoms with Crippen LogP contribution in [0.25, 0.3) is 21.3 Å². The summed E-state index contributed by atoms with van der Waals surface area (Å²) >= 11 is 1.50. The zero-order chi connectivity index (χ0) is 13.9. The maximum Gasteiger partial charge on any atom is 0.262 e. The molecule has 0 aliphatic heterocycles. The third kappa shape index (κ3) is 2.26. The minimum atomic E-state index is -0.00727. The summed E-state index contributed by atoms with van der Waals surface area (Å²) in [5, 5.41) is 2.69. The number of nitrogens with zero attached hydrogens (tertiary/aromatic N) is 2. The van der Waals surface area contributed by atoms with Gasteiger partial charge in [-0.15, -0.1) is 11.3 Å². The van der Waals surface area contributed by atoms with Gasteiger partial charge >= 0.3 is 0 Å². The predicted octanol–water partition coefficient (Wildman–Crippen LogP) is 2.77. The molecule has 3 aromatic rings. The topological polar surface area (TPSA) is 44.1 Å². The van der Waals surface area contributed by atoms with Gasteiger partial charge in [0.2, 0.25) is 0 Å². The molecule has 0 N–H and O–H groups in total. The van der Waals surface area contributed by atoms with Gasteiger partial charge in [0.1, 0.15) is 4.83 Å². The number of methoxy groups -OCH3 is 1. The van der Waals surface area contributed by atoms with E-state index in [4.69, 9.17) is 4.74 Å². The van der Waals surface area contributed by atoms with Gasteiger partial charge in [0.25, 0.3) is 5.56 Å². The Morgan fingerprint density at radius 2 is 2.10 bits per heavy atom. The van der Waals surface area contributed by atoms with Gasteiger partial charge in [-0.3, -0.25) is 9.36 Å². The van der Waals surface area contributed by atoms with Crippen molar-refractivity contribution in [3.05, 3.63) is 52.4 Å². The quantitative estimate of drug-likeness (QED) is 0.740. The Morgan fingerprint density at radius 3 is 2.85 bits per heavy atom. The van der Waals surface area contributed by atoms with Crippen molar-refractivity contribution >= 4 is 21.6 Å². The molecule has 0 saturated carbocycles. The van der Waals surface area contributed by atoms with Gasteiger partial charge in [-0.05, 0) is 5.56 Å². The van der Waals surface area contributed by atoms with Crippen molar-refractivity contribution in [3.8, 4) is 11.1 Å². The molecule has 3 rings (SSSR count). The fourth-order valence-electron chi connectivity index (χ4n) is 2.15. The fourth-order valence-corrected chi connectivity index (χ4v) is 3.05. The number of hydrogen-bond acceptors (Lipinski definition) is 4. The van der Waals surface area contributed by atoms with Gasteiger partial charge < -0.3 is 4.74 Å². The molecule has 0 atom stereocenters. The Kier molecular flexibility index (Phi) is 3.62. The highest BCUT2D eigenvalue weighted by Gasteiger charge is 2.12. The lowest BCUT2D eigenvalue weighted by Crippen LogP contribution is -2.22. The van der Waals surface area contributed by atoms with E-state index in [1.165, 1.54) is 11.3 Å². The average molecular weight is 286 g/mol. The van der Waals surface area contributed by atoms with E-state index in [0.29, 0.717) is 18.5 Å². The van der Waals surface area contributed by atoms with Crippen molar-refractivity contribution in [1.82, 2.24) is 9.55 Å². The maximum absolute atomic E-state index is 12.6. The van der Waals surface area contributed by atoms with Gasteiger partial charge in [0.05, 0.1) is 24.9 Å². The molecule has 20 heavy (non-hydrogen) atoms. The van der Waals surface area contributed by atoms with E-state index in [-0.39, 0.29) is 5.56 Å². The number of fused-ring (bicyclic) bond motifs is 1. The zero-order valence-electron chi connectivity index (χ0n) is 11.1. The van der Waals surface area contributed by atoms with Crippen molar-refractivity contribution in [1.29, 1.82) is 0 Å². The second-order valence-corrected chi connectivity index (χ2v) is 5.29. The maximum atomic E-state index is 12.6. The van der Waals surface area contributed by atoms with E-state index < -0.39 is 0 Å².